The Morgan fingerprint density at radius 2 is 2.41 bits per heavy atom. The molecule has 1 aromatic heterocycles. The van der Waals surface area contributed by atoms with Gasteiger partial charge in [0.2, 0.25) is 0 Å². The van der Waals surface area contributed by atoms with Crippen molar-refractivity contribution in [3.63, 3.8) is 0 Å². The topological polar surface area (TPSA) is 49.8 Å². The molecule has 0 bridgehead atoms. The Kier molecular flexibility index (Phi) is 4.88. The van der Waals surface area contributed by atoms with Crippen LogP contribution in [0.2, 0.25) is 5.15 Å². The Morgan fingerprint density at radius 3 is 3.12 bits per heavy atom. The molecule has 2 N–H and O–H groups in total. The number of thioether (sulfide) groups is 1. The lowest BCUT2D eigenvalue weighted by atomic mass is 10.1. The van der Waals surface area contributed by atoms with Gasteiger partial charge in [0.05, 0.1) is 0 Å². The lowest BCUT2D eigenvalue weighted by Crippen LogP contribution is -2.39. The summed E-state index contributed by atoms with van der Waals surface area (Å²) in [5.74, 6) is 0.807. The van der Waals surface area contributed by atoms with Gasteiger partial charge in [-0.1, -0.05) is 29.8 Å². The first-order valence-electron chi connectivity index (χ1n) is 5.84. The minimum atomic E-state index is 0.489. The van der Waals surface area contributed by atoms with Crippen molar-refractivity contribution in [3.05, 3.63) is 11.2 Å². The van der Waals surface area contributed by atoms with Gasteiger partial charge in [0.15, 0.2) is 5.16 Å². The van der Waals surface area contributed by atoms with E-state index in [1.807, 2.05) is 6.26 Å². The Bertz CT molecular complexity index is 368. The molecule has 94 valence electrons. The van der Waals surface area contributed by atoms with E-state index >= 15 is 0 Å². The summed E-state index contributed by atoms with van der Waals surface area (Å²) in [6.45, 7) is 2.01. The SMILES string of the molecule is CSc1nc(Cl)cc(NCC2CCCCN2)n1. The van der Waals surface area contributed by atoms with Gasteiger partial charge in [0.1, 0.15) is 11.0 Å². The van der Waals surface area contributed by atoms with Crippen LogP contribution in [0.4, 0.5) is 5.82 Å². The predicted octanol–water partition coefficient (Wildman–Crippen LogP) is 2.41. The number of nitrogens with one attached hydrogen (secondary N) is 2. The zero-order chi connectivity index (χ0) is 12.1. The van der Waals surface area contributed by atoms with E-state index in [9.17, 15) is 0 Å². The lowest BCUT2D eigenvalue weighted by Gasteiger charge is -2.23. The molecule has 0 radical (unpaired) electrons. The van der Waals surface area contributed by atoms with E-state index in [0.29, 0.717) is 16.4 Å². The van der Waals surface area contributed by atoms with Gasteiger partial charge in [-0.05, 0) is 25.6 Å². The van der Waals surface area contributed by atoms with Crippen molar-refractivity contribution in [1.29, 1.82) is 0 Å². The van der Waals surface area contributed by atoms with Gasteiger partial charge in [-0.25, -0.2) is 9.97 Å². The van der Waals surface area contributed by atoms with Gasteiger partial charge in [-0.2, -0.15) is 0 Å². The number of aromatic nitrogens is 2. The highest BCUT2D eigenvalue weighted by atomic mass is 35.5. The van der Waals surface area contributed by atoms with E-state index in [-0.39, 0.29) is 0 Å². The van der Waals surface area contributed by atoms with Crippen molar-refractivity contribution >= 4 is 29.2 Å². The number of halogens is 1. The minimum Gasteiger partial charge on any atom is -0.368 e. The summed E-state index contributed by atoms with van der Waals surface area (Å²) >= 11 is 7.43. The van der Waals surface area contributed by atoms with Gasteiger partial charge in [0.25, 0.3) is 0 Å². The van der Waals surface area contributed by atoms with Crippen molar-refractivity contribution in [2.45, 2.75) is 30.5 Å². The number of nitrogens with zero attached hydrogens (tertiary/aromatic N) is 2. The third kappa shape index (κ3) is 4.01. The van der Waals surface area contributed by atoms with Crippen LogP contribution in [0.5, 0.6) is 0 Å². The largest absolute Gasteiger partial charge is 0.368 e. The molecule has 1 aliphatic heterocycles. The van der Waals surface area contributed by atoms with Gasteiger partial charge >= 0.3 is 0 Å². The highest BCUT2D eigenvalue weighted by Gasteiger charge is 2.12. The average molecular weight is 273 g/mol. The van der Waals surface area contributed by atoms with E-state index < -0.39 is 0 Å². The van der Waals surface area contributed by atoms with E-state index in [1.54, 1.807) is 6.07 Å². The number of anilines is 1. The number of hydrogen-bond acceptors (Lipinski definition) is 5. The van der Waals surface area contributed by atoms with Crippen molar-refractivity contribution in [2.75, 3.05) is 24.7 Å². The Morgan fingerprint density at radius 1 is 1.53 bits per heavy atom. The van der Waals surface area contributed by atoms with Crippen molar-refractivity contribution < 1.29 is 0 Å². The Balaban J connectivity index is 1.91. The molecule has 1 fully saturated rings. The third-order valence-electron chi connectivity index (χ3n) is 2.80. The maximum absolute atomic E-state index is 5.93. The standard InChI is InChI=1S/C11H17ClN4S/c1-17-11-15-9(12)6-10(16-11)14-7-8-4-2-3-5-13-8/h6,8,13H,2-5,7H2,1H3,(H,14,15,16). The number of rotatable bonds is 4. The summed E-state index contributed by atoms with van der Waals surface area (Å²) in [6.07, 6.45) is 5.76. The fourth-order valence-electron chi connectivity index (χ4n) is 1.90. The molecule has 2 rings (SSSR count). The molecule has 2 heterocycles. The van der Waals surface area contributed by atoms with E-state index in [2.05, 4.69) is 20.6 Å². The van der Waals surface area contributed by atoms with Gasteiger partial charge < -0.3 is 10.6 Å². The molecule has 0 saturated carbocycles. The maximum atomic E-state index is 5.93. The van der Waals surface area contributed by atoms with E-state index in [0.717, 1.165) is 18.9 Å². The smallest absolute Gasteiger partial charge is 0.190 e. The van der Waals surface area contributed by atoms with Crippen LogP contribution < -0.4 is 10.6 Å². The number of piperidine rings is 1. The van der Waals surface area contributed by atoms with Crippen LogP contribution in [0.1, 0.15) is 19.3 Å². The summed E-state index contributed by atoms with van der Waals surface area (Å²) in [4.78, 5) is 8.47. The van der Waals surface area contributed by atoms with Crippen LogP contribution in [0.25, 0.3) is 0 Å². The van der Waals surface area contributed by atoms with Crippen LogP contribution in [0.15, 0.2) is 11.2 Å². The molecule has 1 unspecified atom stereocenters. The summed E-state index contributed by atoms with van der Waals surface area (Å²) < 4.78 is 0. The van der Waals surface area contributed by atoms with Gasteiger partial charge in [-0.15, -0.1) is 0 Å². The summed E-state index contributed by atoms with van der Waals surface area (Å²) in [5, 5.41) is 8.00. The maximum Gasteiger partial charge on any atom is 0.190 e. The van der Waals surface area contributed by atoms with E-state index in [4.69, 9.17) is 11.6 Å². The molecule has 17 heavy (non-hydrogen) atoms. The van der Waals surface area contributed by atoms with E-state index in [1.165, 1.54) is 31.0 Å². The summed E-state index contributed by atoms with van der Waals surface area (Å²) in [5.41, 5.74) is 0. The van der Waals surface area contributed by atoms with Crippen LogP contribution in [-0.4, -0.2) is 35.4 Å². The van der Waals surface area contributed by atoms with Crippen LogP contribution >= 0.6 is 23.4 Å². The summed E-state index contributed by atoms with van der Waals surface area (Å²) in [6, 6.07) is 2.31. The Labute approximate surface area is 111 Å². The van der Waals surface area contributed by atoms with Crippen LogP contribution in [0.3, 0.4) is 0 Å². The Hall–Kier alpha value is -0.520. The fourth-order valence-corrected chi connectivity index (χ4v) is 2.52. The van der Waals surface area contributed by atoms with Crippen molar-refractivity contribution in [1.82, 2.24) is 15.3 Å². The van der Waals surface area contributed by atoms with Gasteiger partial charge in [0, 0.05) is 18.7 Å². The second-order valence-corrected chi connectivity index (χ2v) is 5.25. The zero-order valence-electron chi connectivity index (χ0n) is 9.87. The molecular weight excluding hydrogens is 256 g/mol. The highest BCUT2D eigenvalue weighted by Crippen LogP contribution is 2.17. The quantitative estimate of drug-likeness (QED) is 0.501. The monoisotopic (exact) mass is 272 g/mol. The first kappa shape index (κ1) is 12.9. The molecular formula is C11H17ClN4S. The second-order valence-electron chi connectivity index (χ2n) is 4.09. The van der Waals surface area contributed by atoms with Crippen LogP contribution in [0, 0.1) is 0 Å². The highest BCUT2D eigenvalue weighted by molar-refractivity contribution is 7.98. The first-order valence-corrected chi connectivity index (χ1v) is 7.44. The van der Waals surface area contributed by atoms with Crippen LogP contribution in [-0.2, 0) is 0 Å². The normalized spacial score (nSPS) is 20.2. The average Bonchev–Trinajstić information content (AvgIpc) is 2.37. The second kappa shape index (κ2) is 6.42. The predicted molar refractivity (Wildman–Crippen MR) is 73.0 cm³/mol. The van der Waals surface area contributed by atoms with Crippen molar-refractivity contribution in [2.24, 2.45) is 0 Å². The minimum absolute atomic E-state index is 0.489. The molecule has 1 aromatic rings. The third-order valence-corrected chi connectivity index (χ3v) is 3.54. The summed E-state index contributed by atoms with van der Waals surface area (Å²) in [7, 11) is 0. The molecule has 1 saturated heterocycles. The molecule has 1 atom stereocenters. The first-order chi connectivity index (χ1) is 8.28. The molecule has 0 amide bonds. The fraction of sp³-hybridized carbons (Fsp3) is 0.636. The van der Waals surface area contributed by atoms with Crippen molar-refractivity contribution in [3.8, 4) is 0 Å². The number of hydrogen-bond donors (Lipinski definition) is 2. The molecule has 0 aromatic carbocycles. The van der Waals surface area contributed by atoms with Gasteiger partial charge in [-0.3, -0.25) is 0 Å². The molecule has 0 spiro atoms. The molecule has 1 aliphatic rings. The molecule has 0 aliphatic carbocycles. The zero-order valence-corrected chi connectivity index (χ0v) is 11.4. The molecule has 6 heteroatoms. The lowest BCUT2D eigenvalue weighted by molar-refractivity contribution is 0.414. The molecule has 4 nitrogen and oxygen atoms in total.